The summed E-state index contributed by atoms with van der Waals surface area (Å²) < 4.78 is 122. The summed E-state index contributed by atoms with van der Waals surface area (Å²) in [7, 11) is -8.64. The second kappa shape index (κ2) is 15.9. The van der Waals surface area contributed by atoms with Crippen molar-refractivity contribution in [2.24, 2.45) is 0 Å². The summed E-state index contributed by atoms with van der Waals surface area (Å²) >= 11 is 0. The van der Waals surface area contributed by atoms with E-state index in [1.54, 1.807) is 61.5 Å². The average Bonchev–Trinajstić information content (AvgIpc) is 3.40. The van der Waals surface area contributed by atoms with Gasteiger partial charge in [-0.1, -0.05) is 254 Å². The van der Waals surface area contributed by atoms with Crippen LogP contribution in [0.15, 0.2) is 248 Å². The normalized spacial score (nSPS) is 15.6. The maximum absolute atomic E-state index is 11.1. The molecule has 57 heavy (non-hydrogen) atoms. The zero-order valence-electron chi connectivity index (χ0n) is 44.2. The van der Waals surface area contributed by atoms with Crippen LogP contribution in [-0.4, -0.2) is 16.1 Å². The highest BCUT2D eigenvalue weighted by molar-refractivity contribution is 7.22. The zero-order valence-corrected chi connectivity index (χ0v) is 33.2. The van der Waals surface area contributed by atoms with Crippen LogP contribution in [0.25, 0.3) is 22.3 Å². The van der Waals surface area contributed by atoms with Gasteiger partial charge in [-0.2, -0.15) is 0 Å². The van der Waals surface area contributed by atoms with Crippen molar-refractivity contribution >= 4 is 57.6 Å². The second-order valence-electron chi connectivity index (χ2n) is 13.9. The Kier molecular flexibility index (Phi) is 6.72. The molecule has 0 heterocycles. The monoisotopic (exact) mass is 773 g/mol. The van der Waals surface area contributed by atoms with E-state index < -0.39 is 76.6 Å². The van der Waals surface area contributed by atoms with Gasteiger partial charge >= 0.3 is 0 Å². The van der Waals surface area contributed by atoms with E-state index in [4.69, 9.17) is 11.0 Å². The summed E-state index contributed by atoms with van der Waals surface area (Å²) in [6, 6.07) is 47.1. The molecule has 0 N–H and O–H groups in total. The van der Waals surface area contributed by atoms with Gasteiger partial charge in [0.2, 0.25) is 0 Å². The topological polar surface area (TPSA) is 0 Å². The molecule has 0 bridgehead atoms. The van der Waals surface area contributed by atoms with Crippen LogP contribution in [-0.2, 0) is 0 Å². The van der Waals surface area contributed by atoms with E-state index in [0.29, 0.717) is 15.6 Å². The molecule has 9 aromatic rings. The van der Waals surface area contributed by atoms with Crippen LogP contribution < -0.4 is 41.5 Å². The fourth-order valence-corrected chi connectivity index (χ4v) is 17.3. The molecule has 9 rings (SSSR count). The van der Waals surface area contributed by atoms with Crippen molar-refractivity contribution in [2.75, 3.05) is 0 Å². The molecule has 0 nitrogen and oxygen atoms in total. The Labute approximate surface area is 357 Å². The van der Waals surface area contributed by atoms with E-state index in [1.807, 2.05) is 109 Å². The lowest BCUT2D eigenvalue weighted by Crippen LogP contribution is -2.78. The molecule has 272 valence electrons. The van der Waals surface area contributed by atoms with E-state index in [1.165, 1.54) is 0 Å². The lowest BCUT2D eigenvalue weighted by molar-refractivity contribution is 1.50. The van der Waals surface area contributed by atoms with Crippen LogP contribution >= 0.6 is 0 Å². The summed E-state index contributed by atoms with van der Waals surface area (Å²) in [4.78, 5) is 0. The minimum atomic E-state index is -4.72. The molecule has 2 heteroatoms. The Hall–Kier alpha value is -6.59. The van der Waals surface area contributed by atoms with Crippen LogP contribution in [0.3, 0.4) is 0 Å². The van der Waals surface area contributed by atoms with Crippen LogP contribution in [0.4, 0.5) is 0 Å². The second-order valence-corrected chi connectivity index (χ2v) is 21.3. The first-order chi connectivity index (χ1) is 33.6. The third-order valence-corrected chi connectivity index (χ3v) is 19.6. The lowest BCUT2D eigenvalue weighted by Gasteiger charge is -2.38. The highest BCUT2D eigenvalue weighted by Gasteiger charge is 2.46. The van der Waals surface area contributed by atoms with Gasteiger partial charge in [-0.05, 0) is 70.7 Å². The first-order valence-corrected chi connectivity index (χ1v) is 22.8. The quantitative estimate of drug-likeness (QED) is 0.0975. The number of rotatable bonds is 10. The Bertz CT molecular complexity index is 3390. The fourth-order valence-electron chi connectivity index (χ4n) is 8.14. The number of hydrogen-bond acceptors (Lipinski definition) is 0. The Morgan fingerprint density at radius 2 is 0.667 bits per heavy atom. The summed E-state index contributed by atoms with van der Waals surface area (Å²) in [5, 5.41) is 3.57. The standard InChI is InChI=1S/C55H44Si2/c1-43-38-54(56(48-28-12-4-13-29-48,49-30-14-5-15-31-49)52-36-20-26-46(40-52)44-22-8-2-9-23-44)42-55(39-43)57(50-32-16-6-17-33-50,51-34-18-7-19-35-51)53-37-21-27-47(41-53)45-24-10-3-11-25-45/h2-42H,1H3/i2D,4D,8D,9D,12D,13D,22D,23D,28D,29D,38D,39D,42D. The van der Waals surface area contributed by atoms with Gasteiger partial charge in [0.15, 0.2) is 16.1 Å². The smallest absolute Gasteiger partial charge is 0.0623 e. The number of hydrogen-bond donors (Lipinski definition) is 0. The van der Waals surface area contributed by atoms with Crippen molar-refractivity contribution < 1.29 is 17.8 Å². The van der Waals surface area contributed by atoms with E-state index in [-0.39, 0.29) is 45.2 Å². The SMILES string of the molecule is [2H]c1c([2H])c([2H])c(-c2cccc([Si](c3ccccc3)(c3c([2H])c([2H])c([2H])c([2H])c3[2H])c3c([2H])c(C)c([2H])c([Si](c4ccccc4)(c4ccccc4)c4cccc(-c5ccccc5)c4)c3[2H])c2)c([2H])c1[2H]. The van der Waals surface area contributed by atoms with Gasteiger partial charge in [0.05, 0.1) is 17.8 Å². The van der Waals surface area contributed by atoms with E-state index in [9.17, 15) is 6.85 Å². The van der Waals surface area contributed by atoms with Crippen molar-refractivity contribution in [3.05, 3.63) is 254 Å². The molecule has 1 atom stereocenters. The molecular weight excluding hydrogens is 717 g/mol. The largest absolute Gasteiger partial charge is 0.179 e. The molecule has 0 aliphatic rings. The van der Waals surface area contributed by atoms with Gasteiger partial charge in [-0.15, -0.1) is 0 Å². The maximum Gasteiger partial charge on any atom is 0.179 e. The molecule has 0 amide bonds. The van der Waals surface area contributed by atoms with Gasteiger partial charge in [0, 0.05) is 0 Å². The van der Waals surface area contributed by atoms with E-state index in [2.05, 4.69) is 6.07 Å². The van der Waals surface area contributed by atoms with Gasteiger partial charge in [0.25, 0.3) is 0 Å². The Morgan fingerprint density at radius 3 is 1.14 bits per heavy atom. The zero-order chi connectivity index (χ0) is 49.8. The Balaban J connectivity index is 1.55. The molecular formula is C55H44Si2. The van der Waals surface area contributed by atoms with Crippen LogP contribution in [0.2, 0.25) is 0 Å². The van der Waals surface area contributed by atoms with Crippen molar-refractivity contribution in [3.63, 3.8) is 0 Å². The van der Waals surface area contributed by atoms with Crippen LogP contribution in [0, 0.1) is 6.92 Å². The minimum Gasteiger partial charge on any atom is -0.0623 e. The van der Waals surface area contributed by atoms with E-state index >= 15 is 0 Å². The number of benzene rings is 9. The molecule has 0 spiro atoms. The predicted octanol–water partition coefficient (Wildman–Crippen LogP) is 8.08. The highest BCUT2D eigenvalue weighted by Crippen LogP contribution is 2.22. The molecule has 0 aliphatic heterocycles. The van der Waals surface area contributed by atoms with Gasteiger partial charge in [-0.3, -0.25) is 0 Å². The summed E-state index contributed by atoms with van der Waals surface area (Å²) in [5.74, 6) is 0. The maximum atomic E-state index is 11.1. The molecule has 0 saturated carbocycles. The van der Waals surface area contributed by atoms with Crippen LogP contribution in [0.5, 0.6) is 0 Å². The first-order valence-electron chi connectivity index (χ1n) is 25.3. The molecule has 9 aromatic carbocycles. The van der Waals surface area contributed by atoms with Crippen molar-refractivity contribution in [1.82, 2.24) is 0 Å². The third kappa shape index (κ3) is 6.63. The Morgan fingerprint density at radius 1 is 0.298 bits per heavy atom. The van der Waals surface area contributed by atoms with Crippen molar-refractivity contribution in [2.45, 2.75) is 6.92 Å². The van der Waals surface area contributed by atoms with Crippen molar-refractivity contribution in [3.8, 4) is 22.3 Å². The fraction of sp³-hybridized carbons (Fsp3) is 0.0182. The molecule has 0 fully saturated rings. The molecule has 0 radical (unpaired) electrons. The van der Waals surface area contributed by atoms with Gasteiger partial charge < -0.3 is 0 Å². The molecule has 1 unspecified atom stereocenters. The first kappa shape index (κ1) is 24.1. The van der Waals surface area contributed by atoms with Gasteiger partial charge in [0.1, 0.15) is 0 Å². The van der Waals surface area contributed by atoms with Crippen molar-refractivity contribution in [1.29, 1.82) is 0 Å². The lowest BCUT2D eigenvalue weighted by atomic mass is 10.1. The predicted molar refractivity (Wildman–Crippen MR) is 249 cm³/mol. The third-order valence-electron chi connectivity index (χ3n) is 10.6. The average molecular weight is 774 g/mol. The van der Waals surface area contributed by atoms with Crippen LogP contribution in [0.1, 0.15) is 23.4 Å². The summed E-state index contributed by atoms with van der Waals surface area (Å²) in [5.41, 5.74) is 2.16. The molecule has 0 aliphatic carbocycles. The summed E-state index contributed by atoms with van der Waals surface area (Å²) in [6.07, 6.45) is 0. The summed E-state index contributed by atoms with van der Waals surface area (Å²) in [6.45, 7) is 1.67. The van der Waals surface area contributed by atoms with E-state index in [0.717, 1.165) is 26.7 Å². The molecule has 0 aromatic heterocycles. The van der Waals surface area contributed by atoms with Gasteiger partial charge in [-0.25, -0.2) is 0 Å². The highest BCUT2D eigenvalue weighted by atomic mass is 28.3. The molecule has 0 saturated heterocycles. The minimum absolute atomic E-state index is 0.0341.